The molecule has 10 heteroatoms. The molecule has 0 bridgehead atoms. The quantitative estimate of drug-likeness (QED) is 0.246. The van der Waals surface area contributed by atoms with E-state index in [0.29, 0.717) is 41.2 Å². The number of phenolic OH excluding ortho intramolecular Hbond substituents is 1. The Kier molecular flexibility index (Phi) is 7.50. The molecule has 0 aliphatic carbocycles. The third-order valence-electron chi connectivity index (χ3n) is 6.51. The number of methoxy groups -OCH3 is 2. The van der Waals surface area contributed by atoms with Crippen LogP contribution in [0.25, 0.3) is 16.8 Å². The van der Waals surface area contributed by atoms with Gasteiger partial charge in [-0.1, -0.05) is 41.7 Å². The second-order valence-electron chi connectivity index (χ2n) is 8.76. The number of phenols is 1. The van der Waals surface area contributed by atoms with E-state index in [-0.39, 0.29) is 23.5 Å². The Morgan fingerprint density at radius 1 is 1.15 bits per heavy atom. The van der Waals surface area contributed by atoms with Crippen LogP contribution in [-0.2, 0) is 9.53 Å². The van der Waals surface area contributed by atoms with E-state index in [1.165, 1.54) is 18.4 Å². The molecule has 0 unspecified atom stereocenters. The van der Waals surface area contributed by atoms with Gasteiger partial charge in [0.15, 0.2) is 16.3 Å². The van der Waals surface area contributed by atoms with E-state index in [4.69, 9.17) is 14.2 Å². The van der Waals surface area contributed by atoms with E-state index >= 15 is 0 Å². The maximum atomic E-state index is 14.1. The number of aromatic nitrogens is 1. The molecule has 5 rings (SSSR count). The molecule has 0 fully saturated rings. The third-order valence-corrected chi connectivity index (χ3v) is 8.31. The smallest absolute Gasteiger partial charge is 0.338 e. The van der Waals surface area contributed by atoms with Gasteiger partial charge in [0.25, 0.3) is 5.56 Å². The summed E-state index contributed by atoms with van der Waals surface area (Å²) in [5.74, 6) is 0.350. The molecular weight excluding hydrogens is 631 g/mol. The fourth-order valence-corrected chi connectivity index (χ4v) is 6.46. The SMILES string of the molecule is CCOC(=O)C1=C(C)N=c2s/c(=C/c3cc(I)c(O)c(OC)c3)c(=O)n2[C@@H]1c1c(OC)ccc2ccccc12. The third kappa shape index (κ3) is 4.71. The van der Waals surface area contributed by atoms with Gasteiger partial charge in [-0.2, -0.15) is 0 Å². The number of benzene rings is 3. The number of thiazole rings is 1. The summed E-state index contributed by atoms with van der Waals surface area (Å²) in [5, 5.41) is 12.0. The predicted octanol–water partition coefficient (Wildman–Crippen LogP) is 4.28. The molecule has 1 aliphatic heterocycles. The van der Waals surface area contributed by atoms with Crippen molar-refractivity contribution in [2.45, 2.75) is 19.9 Å². The normalized spacial score (nSPS) is 15.2. The zero-order chi connectivity index (χ0) is 27.8. The molecule has 0 radical (unpaired) electrons. The number of esters is 1. The average Bonchev–Trinajstić information content (AvgIpc) is 3.23. The van der Waals surface area contributed by atoms with Crippen molar-refractivity contribution in [1.82, 2.24) is 4.57 Å². The fraction of sp³-hybridized carbons (Fsp3) is 0.207. The van der Waals surface area contributed by atoms with Crippen molar-refractivity contribution in [3.05, 3.63) is 94.2 Å². The lowest BCUT2D eigenvalue weighted by atomic mass is 9.90. The number of carbonyl (C=O) groups excluding carboxylic acids is 1. The molecule has 1 atom stereocenters. The van der Waals surface area contributed by atoms with Crippen LogP contribution in [0.1, 0.15) is 31.0 Å². The van der Waals surface area contributed by atoms with Gasteiger partial charge in [0, 0.05) is 5.56 Å². The minimum absolute atomic E-state index is 0.0365. The zero-order valence-corrected chi connectivity index (χ0v) is 24.6. The number of allylic oxidation sites excluding steroid dienone is 1. The van der Waals surface area contributed by atoms with Crippen LogP contribution in [0.4, 0.5) is 0 Å². The van der Waals surface area contributed by atoms with Crippen LogP contribution in [0.15, 0.2) is 69.6 Å². The van der Waals surface area contributed by atoms with Crippen LogP contribution in [-0.4, -0.2) is 36.5 Å². The van der Waals surface area contributed by atoms with Crippen molar-refractivity contribution >= 4 is 56.7 Å². The van der Waals surface area contributed by atoms with Crippen molar-refractivity contribution < 1.29 is 24.1 Å². The van der Waals surface area contributed by atoms with Crippen LogP contribution >= 0.6 is 33.9 Å². The van der Waals surface area contributed by atoms with E-state index in [9.17, 15) is 14.7 Å². The highest BCUT2D eigenvalue weighted by atomic mass is 127. The lowest BCUT2D eigenvalue weighted by molar-refractivity contribution is -0.139. The predicted molar refractivity (Wildman–Crippen MR) is 158 cm³/mol. The van der Waals surface area contributed by atoms with E-state index in [0.717, 1.165) is 10.8 Å². The molecule has 3 aromatic carbocycles. The van der Waals surface area contributed by atoms with Gasteiger partial charge >= 0.3 is 5.97 Å². The van der Waals surface area contributed by atoms with Crippen LogP contribution < -0.4 is 24.4 Å². The molecule has 0 spiro atoms. The second kappa shape index (κ2) is 10.9. The fourth-order valence-electron chi connectivity index (χ4n) is 4.78. The van der Waals surface area contributed by atoms with Gasteiger partial charge in [0.2, 0.25) is 0 Å². The summed E-state index contributed by atoms with van der Waals surface area (Å²) in [4.78, 5) is 32.5. The van der Waals surface area contributed by atoms with Gasteiger partial charge in [-0.15, -0.1) is 0 Å². The zero-order valence-electron chi connectivity index (χ0n) is 21.6. The Balaban J connectivity index is 1.83. The lowest BCUT2D eigenvalue weighted by Crippen LogP contribution is -2.40. The number of aromatic hydroxyl groups is 1. The Bertz CT molecular complexity index is 1840. The number of rotatable bonds is 6. The van der Waals surface area contributed by atoms with Gasteiger partial charge in [0.05, 0.1) is 40.2 Å². The molecule has 4 aromatic rings. The standard InChI is InChI=1S/C29H25IN2O6S/c1-5-38-28(35)23-15(2)31-29-32(25(23)24-18-9-7-6-8-17(18)10-11-20(24)36-3)27(34)22(39-29)14-16-12-19(30)26(33)21(13-16)37-4/h6-14,25,33H,5H2,1-4H3/b22-14+/t25-/m0/s1. The topological polar surface area (TPSA) is 99.4 Å². The number of ether oxygens (including phenoxy) is 3. The Labute approximate surface area is 241 Å². The first-order valence-corrected chi connectivity index (χ1v) is 14.0. The summed E-state index contributed by atoms with van der Waals surface area (Å²) < 4.78 is 19.1. The molecule has 0 amide bonds. The van der Waals surface area contributed by atoms with Gasteiger partial charge in [-0.3, -0.25) is 9.36 Å². The highest BCUT2D eigenvalue weighted by molar-refractivity contribution is 14.1. The monoisotopic (exact) mass is 656 g/mol. The maximum absolute atomic E-state index is 14.1. The average molecular weight is 656 g/mol. The molecule has 39 heavy (non-hydrogen) atoms. The van der Waals surface area contributed by atoms with Gasteiger partial charge in [-0.25, -0.2) is 9.79 Å². The van der Waals surface area contributed by atoms with E-state index in [1.807, 2.05) is 59.0 Å². The van der Waals surface area contributed by atoms with E-state index < -0.39 is 12.0 Å². The van der Waals surface area contributed by atoms with Crippen molar-refractivity contribution in [3.8, 4) is 17.2 Å². The van der Waals surface area contributed by atoms with Gasteiger partial charge < -0.3 is 19.3 Å². The number of hydrogen-bond donors (Lipinski definition) is 1. The summed E-state index contributed by atoms with van der Waals surface area (Å²) in [6, 6.07) is 14.2. The summed E-state index contributed by atoms with van der Waals surface area (Å²) in [6.45, 7) is 3.67. The van der Waals surface area contributed by atoms with Crippen LogP contribution in [0.3, 0.4) is 0 Å². The maximum Gasteiger partial charge on any atom is 0.338 e. The van der Waals surface area contributed by atoms with Crippen LogP contribution in [0.2, 0.25) is 0 Å². The molecule has 1 aromatic heterocycles. The van der Waals surface area contributed by atoms with Crippen molar-refractivity contribution in [3.63, 3.8) is 0 Å². The minimum atomic E-state index is -0.821. The van der Waals surface area contributed by atoms with E-state index in [2.05, 4.69) is 4.99 Å². The summed E-state index contributed by atoms with van der Waals surface area (Å²) >= 11 is 3.24. The highest BCUT2D eigenvalue weighted by Crippen LogP contribution is 2.40. The minimum Gasteiger partial charge on any atom is -0.504 e. The molecule has 2 heterocycles. The lowest BCUT2D eigenvalue weighted by Gasteiger charge is -2.27. The first-order chi connectivity index (χ1) is 18.8. The molecule has 0 saturated heterocycles. The number of halogens is 1. The summed E-state index contributed by atoms with van der Waals surface area (Å²) in [5.41, 5.74) is 1.81. The molecule has 1 aliphatic rings. The van der Waals surface area contributed by atoms with Crippen molar-refractivity contribution in [1.29, 1.82) is 0 Å². The largest absolute Gasteiger partial charge is 0.504 e. The molecule has 200 valence electrons. The number of hydrogen-bond acceptors (Lipinski definition) is 8. The first-order valence-electron chi connectivity index (χ1n) is 12.1. The summed E-state index contributed by atoms with van der Waals surface area (Å²) in [6.07, 6.45) is 1.73. The van der Waals surface area contributed by atoms with Gasteiger partial charge in [-0.05, 0) is 77.0 Å². The Hall–Kier alpha value is -3.64. The number of nitrogens with zero attached hydrogens (tertiary/aromatic N) is 2. The van der Waals surface area contributed by atoms with Crippen molar-refractivity contribution in [2.75, 3.05) is 20.8 Å². The second-order valence-corrected chi connectivity index (χ2v) is 10.9. The molecule has 8 nitrogen and oxygen atoms in total. The first kappa shape index (κ1) is 26.9. The van der Waals surface area contributed by atoms with Gasteiger partial charge in [0.1, 0.15) is 11.8 Å². The number of carbonyl (C=O) groups is 1. The van der Waals surface area contributed by atoms with Crippen LogP contribution in [0.5, 0.6) is 17.2 Å². The Morgan fingerprint density at radius 3 is 2.62 bits per heavy atom. The number of fused-ring (bicyclic) bond motifs is 2. The highest BCUT2D eigenvalue weighted by Gasteiger charge is 2.36. The van der Waals surface area contributed by atoms with E-state index in [1.54, 1.807) is 43.7 Å². The van der Waals surface area contributed by atoms with Crippen molar-refractivity contribution in [2.24, 2.45) is 4.99 Å². The summed E-state index contributed by atoms with van der Waals surface area (Å²) in [7, 11) is 3.04. The molecule has 0 saturated carbocycles. The molecular formula is C29H25IN2O6S. The molecule has 1 N–H and O–H groups in total. The van der Waals surface area contributed by atoms with Crippen LogP contribution in [0, 0.1) is 3.57 Å². The Morgan fingerprint density at radius 2 is 1.90 bits per heavy atom.